The Kier molecular flexibility index (Phi) is 4.12. The molecule has 0 bridgehead atoms. The summed E-state index contributed by atoms with van der Waals surface area (Å²) in [7, 11) is 1.50. The summed E-state index contributed by atoms with van der Waals surface area (Å²) in [5.74, 6) is -1.37. The van der Waals surface area contributed by atoms with E-state index in [1.54, 1.807) is 18.2 Å². The van der Waals surface area contributed by atoms with Crippen LogP contribution in [0.3, 0.4) is 0 Å². The summed E-state index contributed by atoms with van der Waals surface area (Å²) in [6.07, 6.45) is -0.903. The lowest BCUT2D eigenvalue weighted by Crippen LogP contribution is -2.17. The summed E-state index contributed by atoms with van der Waals surface area (Å²) in [6, 6.07) is 5.01. The van der Waals surface area contributed by atoms with Crippen LogP contribution in [0, 0.1) is 5.92 Å². The first-order valence-corrected chi connectivity index (χ1v) is 6.29. The van der Waals surface area contributed by atoms with E-state index >= 15 is 0 Å². The minimum absolute atomic E-state index is 0.116. The van der Waals surface area contributed by atoms with Crippen LogP contribution in [0.25, 0.3) is 0 Å². The molecule has 0 radical (unpaired) electrons. The first-order chi connectivity index (χ1) is 9.56. The van der Waals surface area contributed by atoms with Gasteiger partial charge in [0.1, 0.15) is 12.0 Å². The van der Waals surface area contributed by atoms with Crippen molar-refractivity contribution in [2.45, 2.75) is 19.4 Å². The van der Waals surface area contributed by atoms with Gasteiger partial charge in [0, 0.05) is 0 Å². The molecule has 1 aromatic carbocycles. The third-order valence-corrected chi connectivity index (χ3v) is 3.14. The Bertz CT molecular complexity index is 524. The van der Waals surface area contributed by atoms with Crippen LogP contribution in [0.1, 0.15) is 25.0 Å². The molecule has 1 fully saturated rings. The molecule has 20 heavy (non-hydrogen) atoms. The molecule has 108 valence electrons. The van der Waals surface area contributed by atoms with Gasteiger partial charge in [-0.05, 0) is 24.6 Å². The van der Waals surface area contributed by atoms with Crippen molar-refractivity contribution in [3.8, 4) is 11.5 Å². The van der Waals surface area contributed by atoms with Crippen molar-refractivity contribution in [1.29, 1.82) is 0 Å². The molecule has 0 aliphatic carbocycles. The van der Waals surface area contributed by atoms with Gasteiger partial charge in [0.25, 0.3) is 0 Å². The minimum Gasteiger partial charge on any atom is -0.493 e. The van der Waals surface area contributed by atoms with Crippen molar-refractivity contribution in [2.75, 3.05) is 13.7 Å². The number of ether oxygens (including phenoxy) is 3. The zero-order valence-electron chi connectivity index (χ0n) is 11.3. The molecular formula is C14H16O6. The molecule has 1 aliphatic rings. The second-order valence-electron chi connectivity index (χ2n) is 4.40. The molecule has 1 aliphatic heterocycles. The number of benzene rings is 1. The number of cyclic esters (lactones) is 1. The number of methoxy groups -OCH3 is 1. The molecule has 1 N–H and O–H groups in total. The second-order valence-corrected chi connectivity index (χ2v) is 4.40. The molecule has 6 nitrogen and oxygen atoms in total. The molecule has 0 saturated carbocycles. The zero-order chi connectivity index (χ0) is 14.7. The molecule has 1 heterocycles. The maximum atomic E-state index is 11.3. The number of carboxylic acids is 1. The first-order valence-electron chi connectivity index (χ1n) is 6.29. The first kappa shape index (κ1) is 14.2. The smallest absolute Gasteiger partial charge is 0.311 e. The van der Waals surface area contributed by atoms with Gasteiger partial charge in [-0.2, -0.15) is 0 Å². The highest BCUT2D eigenvalue weighted by atomic mass is 16.6. The van der Waals surface area contributed by atoms with Crippen molar-refractivity contribution in [2.24, 2.45) is 5.92 Å². The van der Waals surface area contributed by atoms with Crippen molar-refractivity contribution < 1.29 is 28.9 Å². The molecular weight excluding hydrogens is 264 g/mol. The van der Waals surface area contributed by atoms with Crippen LogP contribution < -0.4 is 9.47 Å². The number of hydrogen-bond acceptors (Lipinski definition) is 5. The molecule has 0 unspecified atom stereocenters. The fourth-order valence-electron chi connectivity index (χ4n) is 2.21. The second kappa shape index (κ2) is 5.81. The highest BCUT2D eigenvalue weighted by Crippen LogP contribution is 2.39. The van der Waals surface area contributed by atoms with Crippen LogP contribution in [0.2, 0.25) is 0 Å². The van der Waals surface area contributed by atoms with E-state index in [2.05, 4.69) is 0 Å². The molecule has 2 rings (SSSR count). The summed E-state index contributed by atoms with van der Waals surface area (Å²) >= 11 is 0. The standard InChI is InChI=1S/C14H16O6/c1-3-19-10-5-4-8(6-11(10)18-2)13-9(14(16)17)7-12(15)20-13/h4-6,9,13H,3,7H2,1-2H3,(H,16,17)/t9-,13+/m1/s1. The maximum absolute atomic E-state index is 11.3. The van der Waals surface area contributed by atoms with Gasteiger partial charge in [0.15, 0.2) is 11.5 Å². The van der Waals surface area contributed by atoms with E-state index in [9.17, 15) is 9.59 Å². The molecule has 2 atom stereocenters. The molecule has 0 aromatic heterocycles. The quantitative estimate of drug-likeness (QED) is 0.828. The van der Waals surface area contributed by atoms with E-state index in [0.717, 1.165) is 0 Å². The van der Waals surface area contributed by atoms with Gasteiger partial charge in [-0.1, -0.05) is 6.07 Å². The van der Waals surface area contributed by atoms with Gasteiger partial charge in [-0.3, -0.25) is 9.59 Å². The predicted molar refractivity (Wildman–Crippen MR) is 68.7 cm³/mol. The molecule has 0 spiro atoms. The highest BCUT2D eigenvalue weighted by molar-refractivity contribution is 5.82. The van der Waals surface area contributed by atoms with Gasteiger partial charge < -0.3 is 19.3 Å². The highest BCUT2D eigenvalue weighted by Gasteiger charge is 2.41. The summed E-state index contributed by atoms with van der Waals surface area (Å²) in [6.45, 7) is 2.35. The lowest BCUT2D eigenvalue weighted by Gasteiger charge is -2.17. The third kappa shape index (κ3) is 2.68. The van der Waals surface area contributed by atoms with Crippen LogP contribution in [-0.2, 0) is 14.3 Å². The summed E-state index contributed by atoms with van der Waals surface area (Å²) in [5, 5.41) is 9.14. The fourth-order valence-corrected chi connectivity index (χ4v) is 2.21. The summed E-state index contributed by atoms with van der Waals surface area (Å²) in [5.41, 5.74) is 0.587. The SMILES string of the molecule is CCOc1ccc([C@@H]2OC(=O)C[C@H]2C(=O)O)cc1OC. The lowest BCUT2D eigenvalue weighted by atomic mass is 9.95. The average molecular weight is 280 g/mol. The topological polar surface area (TPSA) is 82.1 Å². The Hall–Kier alpha value is -2.24. The van der Waals surface area contributed by atoms with Gasteiger partial charge in [-0.25, -0.2) is 0 Å². The van der Waals surface area contributed by atoms with E-state index in [0.29, 0.717) is 23.7 Å². The lowest BCUT2D eigenvalue weighted by molar-refractivity contribution is -0.144. The largest absolute Gasteiger partial charge is 0.493 e. The van der Waals surface area contributed by atoms with Crippen molar-refractivity contribution >= 4 is 11.9 Å². The minimum atomic E-state index is -1.05. The van der Waals surface area contributed by atoms with Crippen molar-refractivity contribution in [3.05, 3.63) is 23.8 Å². The molecule has 0 amide bonds. The molecule has 6 heteroatoms. The van der Waals surface area contributed by atoms with E-state index < -0.39 is 24.0 Å². The zero-order valence-corrected chi connectivity index (χ0v) is 11.3. The number of aliphatic carboxylic acids is 1. The Morgan fingerprint density at radius 3 is 2.80 bits per heavy atom. The number of rotatable bonds is 5. The van der Waals surface area contributed by atoms with E-state index in [-0.39, 0.29) is 6.42 Å². The van der Waals surface area contributed by atoms with E-state index in [4.69, 9.17) is 19.3 Å². The van der Waals surface area contributed by atoms with Gasteiger partial charge in [0.05, 0.1) is 20.1 Å². The maximum Gasteiger partial charge on any atom is 0.311 e. The van der Waals surface area contributed by atoms with Crippen molar-refractivity contribution in [3.63, 3.8) is 0 Å². The van der Waals surface area contributed by atoms with Crippen molar-refractivity contribution in [1.82, 2.24) is 0 Å². The Labute approximate surface area is 116 Å². The third-order valence-electron chi connectivity index (χ3n) is 3.14. The predicted octanol–water partition coefficient (Wildman–Crippen LogP) is 1.78. The normalized spacial score (nSPS) is 21.4. The van der Waals surface area contributed by atoms with Gasteiger partial charge >= 0.3 is 11.9 Å². The Morgan fingerprint density at radius 1 is 1.45 bits per heavy atom. The van der Waals surface area contributed by atoms with Crippen LogP contribution in [0.5, 0.6) is 11.5 Å². The fraction of sp³-hybridized carbons (Fsp3) is 0.429. The van der Waals surface area contributed by atoms with Crippen LogP contribution in [-0.4, -0.2) is 30.8 Å². The molecule has 1 saturated heterocycles. The number of hydrogen-bond donors (Lipinski definition) is 1. The number of carbonyl (C=O) groups excluding carboxylic acids is 1. The van der Waals surface area contributed by atoms with Gasteiger partial charge in [-0.15, -0.1) is 0 Å². The monoisotopic (exact) mass is 280 g/mol. The number of esters is 1. The number of carbonyl (C=O) groups is 2. The van der Waals surface area contributed by atoms with Crippen LogP contribution in [0.4, 0.5) is 0 Å². The van der Waals surface area contributed by atoms with E-state index in [1.807, 2.05) is 6.92 Å². The Balaban J connectivity index is 2.32. The van der Waals surface area contributed by atoms with E-state index in [1.165, 1.54) is 7.11 Å². The summed E-state index contributed by atoms with van der Waals surface area (Å²) in [4.78, 5) is 22.5. The number of carboxylic acid groups (broad SMARTS) is 1. The van der Waals surface area contributed by atoms with Gasteiger partial charge in [0.2, 0.25) is 0 Å². The summed E-state index contributed by atoms with van der Waals surface area (Å²) < 4.78 is 15.7. The average Bonchev–Trinajstić information content (AvgIpc) is 2.82. The van der Waals surface area contributed by atoms with Crippen LogP contribution >= 0.6 is 0 Å². The Morgan fingerprint density at radius 2 is 2.20 bits per heavy atom. The molecule has 1 aromatic rings. The van der Waals surface area contributed by atoms with Crippen LogP contribution in [0.15, 0.2) is 18.2 Å².